The molecule has 0 bridgehead atoms. The predicted molar refractivity (Wildman–Crippen MR) is 179 cm³/mol. The van der Waals surface area contributed by atoms with Crippen molar-refractivity contribution >= 4 is 38.8 Å². The molecule has 208 valence electrons. The molecular weight excluding hydrogens is 538 g/mol. The fourth-order valence-corrected chi connectivity index (χ4v) is 6.66. The van der Waals surface area contributed by atoms with Crippen LogP contribution in [-0.2, 0) is 6.42 Å². The number of benzene rings is 5. The van der Waals surface area contributed by atoms with E-state index in [4.69, 9.17) is 15.0 Å². The van der Waals surface area contributed by atoms with Gasteiger partial charge in [-0.3, -0.25) is 4.57 Å². The van der Waals surface area contributed by atoms with Gasteiger partial charge >= 0.3 is 0 Å². The number of allylic oxidation sites excluding steroid dienone is 1. The van der Waals surface area contributed by atoms with Gasteiger partial charge in [-0.15, -0.1) is 0 Å². The van der Waals surface area contributed by atoms with Crippen LogP contribution in [0.1, 0.15) is 17.7 Å². The van der Waals surface area contributed by atoms with Crippen LogP contribution in [-0.4, -0.2) is 24.1 Å². The van der Waals surface area contributed by atoms with Crippen LogP contribution in [0.5, 0.6) is 0 Å². The van der Waals surface area contributed by atoms with E-state index < -0.39 is 0 Å². The molecule has 5 heteroatoms. The second kappa shape index (κ2) is 9.89. The van der Waals surface area contributed by atoms with E-state index in [1.807, 2.05) is 36.4 Å². The largest absolute Gasteiger partial charge is 0.309 e. The third kappa shape index (κ3) is 3.83. The summed E-state index contributed by atoms with van der Waals surface area (Å²) in [5, 5.41) is 3.69. The number of hydrogen-bond donors (Lipinski definition) is 0. The summed E-state index contributed by atoms with van der Waals surface area (Å²) >= 11 is 0. The highest BCUT2D eigenvalue weighted by Gasteiger charge is 2.24. The quantitative estimate of drug-likeness (QED) is 0.214. The van der Waals surface area contributed by atoms with Gasteiger partial charge in [0.25, 0.3) is 0 Å². The van der Waals surface area contributed by atoms with Gasteiger partial charge in [0.05, 0.1) is 16.6 Å². The monoisotopic (exact) mass is 565 g/mol. The Labute approximate surface area is 254 Å². The molecule has 0 amide bonds. The smallest absolute Gasteiger partial charge is 0.238 e. The Hall–Kier alpha value is -5.81. The third-order valence-electron chi connectivity index (χ3n) is 8.64. The van der Waals surface area contributed by atoms with Gasteiger partial charge in [-0.2, -0.15) is 9.97 Å². The van der Waals surface area contributed by atoms with E-state index in [-0.39, 0.29) is 0 Å². The lowest BCUT2D eigenvalue weighted by atomic mass is 10.0. The molecular formula is C39H27N5. The van der Waals surface area contributed by atoms with Crippen LogP contribution in [0.4, 0.5) is 0 Å². The van der Waals surface area contributed by atoms with Crippen LogP contribution in [0.15, 0.2) is 133 Å². The summed E-state index contributed by atoms with van der Waals surface area (Å²) in [4.78, 5) is 15.2. The van der Waals surface area contributed by atoms with Gasteiger partial charge in [-0.25, -0.2) is 4.98 Å². The molecule has 0 N–H and O–H groups in total. The minimum absolute atomic E-state index is 0.640. The highest BCUT2D eigenvalue weighted by atomic mass is 15.2. The minimum Gasteiger partial charge on any atom is -0.309 e. The van der Waals surface area contributed by atoms with Crippen molar-refractivity contribution in [1.29, 1.82) is 0 Å². The first-order valence-corrected chi connectivity index (χ1v) is 15.0. The second-order valence-corrected chi connectivity index (χ2v) is 11.2. The lowest BCUT2D eigenvalue weighted by molar-refractivity contribution is 0.839. The molecule has 9 rings (SSSR count). The molecule has 0 fully saturated rings. The molecule has 0 atom stereocenters. The maximum atomic E-state index is 5.14. The average molecular weight is 566 g/mol. The molecule has 0 radical (unpaired) electrons. The van der Waals surface area contributed by atoms with E-state index >= 15 is 0 Å². The lowest BCUT2D eigenvalue weighted by Gasteiger charge is -2.14. The number of para-hydroxylation sites is 2. The van der Waals surface area contributed by atoms with Crippen LogP contribution in [0, 0.1) is 0 Å². The van der Waals surface area contributed by atoms with E-state index in [1.165, 1.54) is 32.9 Å². The molecule has 1 aliphatic rings. The molecule has 8 aromatic rings. The first kappa shape index (κ1) is 24.8. The Morgan fingerprint density at radius 1 is 0.500 bits per heavy atom. The number of aromatic nitrogens is 5. The summed E-state index contributed by atoms with van der Waals surface area (Å²) in [6.45, 7) is 0. The summed E-state index contributed by atoms with van der Waals surface area (Å²) in [5.41, 5.74) is 8.98. The van der Waals surface area contributed by atoms with Crippen LogP contribution < -0.4 is 0 Å². The number of hydrogen-bond acceptors (Lipinski definition) is 3. The lowest BCUT2D eigenvalue weighted by Crippen LogP contribution is -2.10. The molecule has 5 aromatic carbocycles. The summed E-state index contributed by atoms with van der Waals surface area (Å²) in [7, 11) is 0. The number of nitrogens with zero attached hydrogens (tertiary/aromatic N) is 5. The van der Waals surface area contributed by atoms with Gasteiger partial charge < -0.3 is 4.57 Å². The van der Waals surface area contributed by atoms with Gasteiger partial charge in [0.15, 0.2) is 11.6 Å². The molecule has 0 aliphatic heterocycles. The van der Waals surface area contributed by atoms with Crippen molar-refractivity contribution in [1.82, 2.24) is 24.1 Å². The van der Waals surface area contributed by atoms with Crippen LogP contribution >= 0.6 is 0 Å². The van der Waals surface area contributed by atoms with Crippen molar-refractivity contribution in [3.63, 3.8) is 0 Å². The SMILES string of the molecule is C1=Cc2c(n(-c3nc(-c4ccccc4)nc(-c4ccccc4)n3)c3cc4c(cc23)c2ccccc2n4-c2ccccc2)CC1. The maximum Gasteiger partial charge on any atom is 0.238 e. The third-order valence-corrected chi connectivity index (χ3v) is 8.64. The number of rotatable bonds is 4. The molecule has 44 heavy (non-hydrogen) atoms. The highest BCUT2D eigenvalue weighted by Crippen LogP contribution is 2.40. The molecule has 5 nitrogen and oxygen atoms in total. The Morgan fingerprint density at radius 2 is 1.11 bits per heavy atom. The summed E-state index contributed by atoms with van der Waals surface area (Å²) in [6, 6.07) is 44.4. The van der Waals surface area contributed by atoms with Crippen molar-refractivity contribution in [3.05, 3.63) is 145 Å². The van der Waals surface area contributed by atoms with E-state index in [9.17, 15) is 0 Å². The zero-order chi connectivity index (χ0) is 29.0. The Kier molecular flexibility index (Phi) is 5.56. The van der Waals surface area contributed by atoms with Gasteiger partial charge in [0.2, 0.25) is 5.95 Å². The fraction of sp³-hybridized carbons (Fsp3) is 0.0513. The van der Waals surface area contributed by atoms with E-state index in [1.54, 1.807) is 0 Å². The van der Waals surface area contributed by atoms with Crippen LogP contribution in [0.25, 0.3) is 73.2 Å². The first-order valence-electron chi connectivity index (χ1n) is 15.0. The minimum atomic E-state index is 0.640. The van der Waals surface area contributed by atoms with Crippen molar-refractivity contribution in [2.24, 2.45) is 0 Å². The van der Waals surface area contributed by atoms with Crippen LogP contribution in [0.3, 0.4) is 0 Å². The van der Waals surface area contributed by atoms with Crippen molar-refractivity contribution < 1.29 is 0 Å². The van der Waals surface area contributed by atoms with Gasteiger partial charge in [-0.1, -0.05) is 109 Å². The highest BCUT2D eigenvalue weighted by molar-refractivity contribution is 6.14. The summed E-state index contributed by atoms with van der Waals surface area (Å²) in [6.07, 6.45) is 6.44. The molecule has 1 aliphatic carbocycles. The Bertz CT molecular complexity index is 2310. The molecule has 0 saturated heterocycles. The molecule has 3 heterocycles. The zero-order valence-electron chi connectivity index (χ0n) is 23.9. The second-order valence-electron chi connectivity index (χ2n) is 11.2. The molecule has 0 saturated carbocycles. The van der Waals surface area contributed by atoms with E-state index in [2.05, 4.69) is 112 Å². The topological polar surface area (TPSA) is 48.5 Å². The van der Waals surface area contributed by atoms with E-state index in [0.29, 0.717) is 17.6 Å². The predicted octanol–water partition coefficient (Wildman–Crippen LogP) is 9.21. The fourth-order valence-electron chi connectivity index (χ4n) is 6.66. The van der Waals surface area contributed by atoms with Crippen molar-refractivity contribution in [3.8, 4) is 34.4 Å². The summed E-state index contributed by atoms with van der Waals surface area (Å²) < 4.78 is 4.65. The van der Waals surface area contributed by atoms with Crippen molar-refractivity contribution in [2.75, 3.05) is 0 Å². The number of fused-ring (bicyclic) bond motifs is 6. The van der Waals surface area contributed by atoms with E-state index in [0.717, 1.165) is 40.7 Å². The molecule has 0 unspecified atom stereocenters. The van der Waals surface area contributed by atoms with Gasteiger partial charge in [0, 0.05) is 44.2 Å². The standard InChI is InChI=1S/C39H27N5/c1-4-14-26(15-5-1)37-40-38(27-16-6-2-7-17-27)42-39(41-37)44-34-23-13-11-21-30(34)32-24-31-29-20-10-12-22-33(29)43(35(31)25-36(32)44)28-18-8-3-9-19-28/h1-12,14-22,24-25H,13,23H2. The van der Waals surface area contributed by atoms with Crippen LogP contribution in [0.2, 0.25) is 0 Å². The zero-order valence-corrected chi connectivity index (χ0v) is 23.9. The first-order chi connectivity index (χ1) is 21.8. The molecule has 0 spiro atoms. The Morgan fingerprint density at radius 3 is 1.82 bits per heavy atom. The van der Waals surface area contributed by atoms with Gasteiger partial charge in [0.1, 0.15) is 0 Å². The average Bonchev–Trinajstić information content (AvgIpc) is 3.60. The maximum absolute atomic E-state index is 5.14. The normalized spacial score (nSPS) is 12.7. The Balaban J connectivity index is 1.39. The molecule has 3 aromatic heterocycles. The van der Waals surface area contributed by atoms with Gasteiger partial charge in [-0.05, 0) is 43.2 Å². The summed E-state index contributed by atoms with van der Waals surface area (Å²) in [5.74, 6) is 1.97. The van der Waals surface area contributed by atoms with Crippen molar-refractivity contribution in [2.45, 2.75) is 12.8 Å².